The van der Waals surface area contributed by atoms with Crippen molar-refractivity contribution in [3.8, 4) is 11.8 Å². The number of nitrogens with zero attached hydrogens (tertiary/aromatic N) is 2. The second-order valence-electron chi connectivity index (χ2n) is 5.15. The minimum Gasteiger partial charge on any atom is -0.379 e. The van der Waals surface area contributed by atoms with Gasteiger partial charge in [0.25, 0.3) is 0 Å². The predicted molar refractivity (Wildman–Crippen MR) is 86.6 cm³/mol. The summed E-state index contributed by atoms with van der Waals surface area (Å²) in [6.45, 7) is 2.01. The first kappa shape index (κ1) is 16.2. The van der Waals surface area contributed by atoms with Crippen LogP contribution in [0, 0.1) is 11.8 Å². The molecule has 2 aromatic rings. The molecule has 1 unspecified atom stereocenters. The van der Waals surface area contributed by atoms with Gasteiger partial charge in [-0.25, -0.2) is 4.79 Å². The van der Waals surface area contributed by atoms with Gasteiger partial charge >= 0.3 is 6.09 Å². The molecule has 0 aliphatic carbocycles. The summed E-state index contributed by atoms with van der Waals surface area (Å²) in [5, 5.41) is 14.5. The highest BCUT2D eigenvalue weighted by molar-refractivity contribution is 5.79. The van der Waals surface area contributed by atoms with Gasteiger partial charge < -0.3 is 14.7 Å². The summed E-state index contributed by atoms with van der Waals surface area (Å²) in [4.78, 5) is 21.0. The van der Waals surface area contributed by atoms with E-state index in [-0.39, 0.29) is 0 Å². The number of aromatic nitrogens is 1. The van der Waals surface area contributed by atoms with Gasteiger partial charge in [-0.05, 0) is 18.1 Å². The van der Waals surface area contributed by atoms with Gasteiger partial charge in [-0.3, -0.25) is 10.3 Å². The van der Waals surface area contributed by atoms with Crippen molar-refractivity contribution in [2.75, 3.05) is 26.3 Å². The molecule has 1 amide bonds. The molecule has 0 spiro atoms. The lowest BCUT2D eigenvalue weighted by molar-refractivity contribution is -0.147. The van der Waals surface area contributed by atoms with Crippen LogP contribution in [0.3, 0.4) is 0 Å². The minimum atomic E-state index is -1.33. The van der Waals surface area contributed by atoms with Crippen LogP contribution in [0.15, 0.2) is 36.5 Å². The number of aliphatic hydroxyl groups excluding tert-OH is 1. The number of hydroxylamine groups is 2. The number of hydrogen-bond donors (Lipinski definition) is 2. The Balaban J connectivity index is 1.56. The molecular formula is C17H17N3O4. The fraction of sp³-hybridized carbons (Fsp3) is 0.294. The number of nitrogens with one attached hydrogen (secondary N) is 1. The van der Waals surface area contributed by atoms with Gasteiger partial charge in [0, 0.05) is 17.1 Å². The van der Waals surface area contributed by atoms with E-state index < -0.39 is 12.3 Å². The van der Waals surface area contributed by atoms with Gasteiger partial charge in [0.1, 0.15) is 0 Å². The number of carbonyl (C=O) groups is 1. The number of hydrogen-bond acceptors (Lipinski definition) is 6. The molecule has 0 saturated carbocycles. The topological polar surface area (TPSA) is 83.9 Å². The first-order valence-corrected chi connectivity index (χ1v) is 7.56. The molecule has 1 fully saturated rings. The maximum atomic E-state index is 11.7. The number of morpholine rings is 1. The van der Waals surface area contributed by atoms with Crippen molar-refractivity contribution in [1.29, 1.82) is 0 Å². The number of rotatable bonds is 2. The van der Waals surface area contributed by atoms with Crippen molar-refractivity contribution in [2.45, 2.75) is 6.23 Å². The van der Waals surface area contributed by atoms with Gasteiger partial charge in [-0.2, -0.15) is 0 Å². The quantitative estimate of drug-likeness (QED) is 0.629. The van der Waals surface area contributed by atoms with Crippen LogP contribution >= 0.6 is 0 Å². The number of carbonyl (C=O) groups excluding carboxylic acids is 1. The van der Waals surface area contributed by atoms with Crippen LogP contribution in [0.5, 0.6) is 0 Å². The number of benzene rings is 1. The predicted octanol–water partition coefficient (Wildman–Crippen LogP) is 0.878. The molecule has 7 heteroatoms. The molecule has 1 saturated heterocycles. The van der Waals surface area contributed by atoms with Crippen LogP contribution in [0.25, 0.3) is 10.9 Å². The molecule has 1 aliphatic heterocycles. The van der Waals surface area contributed by atoms with Crippen LogP contribution in [0.4, 0.5) is 4.79 Å². The van der Waals surface area contributed by atoms with E-state index in [1.54, 1.807) is 6.20 Å². The van der Waals surface area contributed by atoms with Crippen molar-refractivity contribution in [1.82, 2.24) is 15.4 Å². The summed E-state index contributed by atoms with van der Waals surface area (Å²) < 4.78 is 5.15. The average Bonchev–Trinajstić information content (AvgIpc) is 2.60. The zero-order chi connectivity index (χ0) is 16.8. The zero-order valence-electron chi connectivity index (χ0n) is 12.9. The Morgan fingerprint density at radius 3 is 3.00 bits per heavy atom. The molecule has 7 nitrogen and oxygen atoms in total. The van der Waals surface area contributed by atoms with Crippen molar-refractivity contribution in [2.24, 2.45) is 0 Å². The van der Waals surface area contributed by atoms with Crippen LogP contribution in [-0.4, -0.2) is 53.8 Å². The van der Waals surface area contributed by atoms with E-state index in [9.17, 15) is 9.90 Å². The van der Waals surface area contributed by atoms with Crippen molar-refractivity contribution >= 4 is 17.0 Å². The normalized spacial score (nSPS) is 16.0. The third kappa shape index (κ3) is 4.43. The minimum absolute atomic E-state index is 0.498. The van der Waals surface area contributed by atoms with Crippen LogP contribution < -0.4 is 5.32 Å². The molecule has 2 heterocycles. The molecule has 1 aromatic carbocycles. The summed E-state index contributed by atoms with van der Waals surface area (Å²) in [6, 6.07) is 9.54. The molecule has 0 radical (unpaired) electrons. The van der Waals surface area contributed by atoms with Gasteiger partial charge in [0.15, 0.2) is 6.23 Å². The van der Waals surface area contributed by atoms with Crippen LogP contribution in [0.1, 0.15) is 5.56 Å². The lowest BCUT2D eigenvalue weighted by Gasteiger charge is -2.25. The molecule has 1 aliphatic rings. The van der Waals surface area contributed by atoms with Gasteiger partial charge in [-0.15, -0.1) is 5.06 Å². The molecule has 24 heavy (non-hydrogen) atoms. The Bertz CT molecular complexity index is 778. The maximum absolute atomic E-state index is 11.7. The summed E-state index contributed by atoms with van der Waals surface area (Å²) in [7, 11) is 0. The van der Waals surface area contributed by atoms with E-state index in [1.807, 2.05) is 30.3 Å². The van der Waals surface area contributed by atoms with E-state index in [0.717, 1.165) is 10.9 Å². The highest BCUT2D eigenvalue weighted by atomic mass is 16.7. The molecule has 0 bridgehead atoms. The Morgan fingerprint density at radius 2 is 2.17 bits per heavy atom. The number of aliphatic hydroxyl groups is 1. The second-order valence-corrected chi connectivity index (χ2v) is 5.15. The molecular weight excluding hydrogens is 310 g/mol. The fourth-order valence-corrected chi connectivity index (χ4v) is 2.22. The largest absolute Gasteiger partial charge is 0.429 e. The SMILES string of the molecule is O=C(NC(O)C#Cc1cnc2ccccc2c1)ON1CCOCC1. The first-order valence-electron chi connectivity index (χ1n) is 7.56. The Morgan fingerprint density at radius 1 is 1.38 bits per heavy atom. The lowest BCUT2D eigenvalue weighted by Crippen LogP contribution is -2.43. The summed E-state index contributed by atoms with van der Waals surface area (Å²) in [5.74, 6) is 5.32. The van der Waals surface area contributed by atoms with Gasteiger partial charge in [0.05, 0.1) is 31.8 Å². The van der Waals surface area contributed by atoms with Gasteiger partial charge in [-0.1, -0.05) is 24.1 Å². The van der Waals surface area contributed by atoms with E-state index in [4.69, 9.17) is 9.57 Å². The highest BCUT2D eigenvalue weighted by Gasteiger charge is 2.16. The number of fused-ring (bicyclic) bond motifs is 1. The van der Waals surface area contributed by atoms with E-state index in [0.29, 0.717) is 31.9 Å². The van der Waals surface area contributed by atoms with Crippen molar-refractivity contribution < 1.29 is 19.5 Å². The Kier molecular flexibility index (Phi) is 5.23. The molecule has 124 valence electrons. The standard InChI is InChI=1S/C17H17N3O4/c21-16(19-17(22)24-20-7-9-23-10-8-20)6-5-13-11-14-3-1-2-4-15(14)18-12-13/h1-4,11-12,16,21H,7-10H2,(H,19,22). The van der Waals surface area contributed by atoms with E-state index >= 15 is 0 Å². The number of ether oxygens (including phenoxy) is 1. The third-order valence-corrected chi connectivity index (χ3v) is 3.38. The van der Waals surface area contributed by atoms with Crippen molar-refractivity contribution in [3.05, 3.63) is 42.1 Å². The molecule has 3 rings (SSSR count). The van der Waals surface area contributed by atoms with E-state index in [1.165, 1.54) is 5.06 Å². The average molecular weight is 327 g/mol. The summed E-state index contributed by atoms with van der Waals surface area (Å²) in [5.41, 5.74) is 1.52. The Labute approximate surface area is 139 Å². The smallest absolute Gasteiger partial charge is 0.379 e. The van der Waals surface area contributed by atoms with Gasteiger partial charge in [0.2, 0.25) is 0 Å². The third-order valence-electron chi connectivity index (χ3n) is 3.38. The zero-order valence-corrected chi connectivity index (χ0v) is 12.9. The second kappa shape index (κ2) is 7.75. The van der Waals surface area contributed by atoms with E-state index in [2.05, 4.69) is 22.1 Å². The number of pyridine rings is 1. The van der Waals surface area contributed by atoms with Crippen LogP contribution in [0.2, 0.25) is 0 Å². The lowest BCUT2D eigenvalue weighted by atomic mass is 10.1. The first-order chi connectivity index (χ1) is 11.7. The number of amides is 1. The summed E-state index contributed by atoms with van der Waals surface area (Å²) in [6.07, 6.45) is -0.464. The molecule has 1 aromatic heterocycles. The monoisotopic (exact) mass is 327 g/mol. The summed E-state index contributed by atoms with van der Waals surface area (Å²) >= 11 is 0. The fourth-order valence-electron chi connectivity index (χ4n) is 2.22. The number of para-hydroxylation sites is 1. The Hall–Kier alpha value is -2.66. The van der Waals surface area contributed by atoms with Crippen LogP contribution in [-0.2, 0) is 9.57 Å². The maximum Gasteiger partial charge on any atom is 0.429 e. The molecule has 2 N–H and O–H groups in total. The highest BCUT2D eigenvalue weighted by Crippen LogP contribution is 2.11. The molecule has 1 atom stereocenters. The van der Waals surface area contributed by atoms with Crippen molar-refractivity contribution in [3.63, 3.8) is 0 Å².